The molecule has 96 valence electrons. The van der Waals surface area contributed by atoms with Gasteiger partial charge in [0.15, 0.2) is 5.76 Å². The third-order valence-corrected chi connectivity index (χ3v) is 3.04. The average molecular weight is 246 g/mol. The maximum Gasteiger partial charge on any atom is 0.170 e. The average Bonchev–Trinajstić information content (AvgIpc) is 2.80. The molecule has 0 fully saturated rings. The lowest BCUT2D eigenvalue weighted by atomic mass is 9.99. The van der Waals surface area contributed by atoms with Crippen molar-refractivity contribution in [1.82, 2.24) is 5.16 Å². The summed E-state index contributed by atoms with van der Waals surface area (Å²) in [6.07, 6.45) is 2.50. The molecule has 1 aromatic carbocycles. The molecule has 0 radical (unpaired) electrons. The number of benzene rings is 1. The van der Waals surface area contributed by atoms with Gasteiger partial charge in [0.25, 0.3) is 0 Å². The van der Waals surface area contributed by atoms with Crippen LogP contribution in [0, 0.1) is 13.8 Å². The summed E-state index contributed by atoms with van der Waals surface area (Å²) in [6.45, 7) is 4.63. The summed E-state index contributed by atoms with van der Waals surface area (Å²) in [5.74, 6) is 1.69. The molecule has 0 bridgehead atoms. The van der Waals surface area contributed by atoms with Crippen LogP contribution in [0.5, 0.6) is 5.75 Å². The van der Waals surface area contributed by atoms with Gasteiger partial charge < -0.3 is 15.0 Å². The zero-order chi connectivity index (χ0) is 13.1. The minimum absolute atomic E-state index is 0.586. The van der Waals surface area contributed by atoms with E-state index >= 15 is 0 Å². The number of nitrogens with zero attached hydrogens (tertiary/aromatic N) is 1. The van der Waals surface area contributed by atoms with Crippen LogP contribution in [0.25, 0.3) is 11.3 Å². The van der Waals surface area contributed by atoms with Gasteiger partial charge in [-0.2, -0.15) is 0 Å². The topological polar surface area (TPSA) is 61.3 Å². The Morgan fingerprint density at radius 3 is 2.72 bits per heavy atom. The quantitative estimate of drug-likeness (QED) is 0.900. The Kier molecular flexibility index (Phi) is 3.67. The summed E-state index contributed by atoms with van der Waals surface area (Å²) in [5, 5.41) is 3.87. The summed E-state index contributed by atoms with van der Waals surface area (Å²) in [4.78, 5) is 0. The van der Waals surface area contributed by atoms with Crippen molar-refractivity contribution in [1.29, 1.82) is 0 Å². The van der Waals surface area contributed by atoms with Crippen LogP contribution in [0.4, 0.5) is 0 Å². The van der Waals surface area contributed by atoms with E-state index in [-0.39, 0.29) is 0 Å². The minimum atomic E-state index is 0.586. The van der Waals surface area contributed by atoms with Crippen molar-refractivity contribution in [2.45, 2.75) is 20.3 Å². The van der Waals surface area contributed by atoms with E-state index in [1.54, 1.807) is 13.3 Å². The van der Waals surface area contributed by atoms with Gasteiger partial charge >= 0.3 is 0 Å². The standard InChI is InChI=1S/C14H18N2O2/c1-9-7-13(17-3)10(2)6-12(9)14-11(4-5-15)8-16-18-14/h6-8H,4-5,15H2,1-3H3. The molecule has 0 aliphatic rings. The lowest BCUT2D eigenvalue weighted by molar-refractivity contribution is 0.411. The highest BCUT2D eigenvalue weighted by molar-refractivity contribution is 5.67. The normalized spacial score (nSPS) is 10.7. The Bertz CT molecular complexity index is 547. The van der Waals surface area contributed by atoms with Crippen molar-refractivity contribution in [2.24, 2.45) is 5.73 Å². The fourth-order valence-corrected chi connectivity index (χ4v) is 2.07. The lowest BCUT2D eigenvalue weighted by Gasteiger charge is -2.10. The lowest BCUT2D eigenvalue weighted by Crippen LogP contribution is -2.03. The first-order valence-corrected chi connectivity index (χ1v) is 5.96. The molecule has 0 saturated heterocycles. The Morgan fingerprint density at radius 2 is 2.06 bits per heavy atom. The molecule has 4 nitrogen and oxygen atoms in total. The van der Waals surface area contributed by atoms with E-state index in [4.69, 9.17) is 15.0 Å². The molecule has 0 spiro atoms. The zero-order valence-corrected chi connectivity index (χ0v) is 11.0. The van der Waals surface area contributed by atoms with Crippen LogP contribution < -0.4 is 10.5 Å². The molecule has 18 heavy (non-hydrogen) atoms. The number of aromatic nitrogens is 1. The van der Waals surface area contributed by atoms with Gasteiger partial charge in [-0.1, -0.05) is 5.16 Å². The van der Waals surface area contributed by atoms with E-state index in [2.05, 4.69) is 11.2 Å². The van der Waals surface area contributed by atoms with Crippen molar-refractivity contribution in [3.8, 4) is 17.1 Å². The predicted octanol–water partition coefficient (Wildman–Crippen LogP) is 2.47. The highest BCUT2D eigenvalue weighted by atomic mass is 16.5. The van der Waals surface area contributed by atoms with Crippen molar-refractivity contribution in [3.05, 3.63) is 35.0 Å². The minimum Gasteiger partial charge on any atom is -0.496 e. The molecule has 0 aliphatic carbocycles. The van der Waals surface area contributed by atoms with E-state index < -0.39 is 0 Å². The Labute approximate surface area is 107 Å². The largest absolute Gasteiger partial charge is 0.496 e. The summed E-state index contributed by atoms with van der Waals surface area (Å²) in [7, 11) is 1.68. The van der Waals surface area contributed by atoms with Crippen LogP contribution in [0.2, 0.25) is 0 Å². The number of rotatable bonds is 4. The smallest absolute Gasteiger partial charge is 0.170 e. The van der Waals surface area contributed by atoms with E-state index in [1.165, 1.54) is 0 Å². The molecule has 0 aliphatic heterocycles. The molecule has 0 amide bonds. The van der Waals surface area contributed by atoms with Gasteiger partial charge in [0, 0.05) is 11.1 Å². The van der Waals surface area contributed by atoms with Crippen LogP contribution >= 0.6 is 0 Å². The zero-order valence-electron chi connectivity index (χ0n) is 11.0. The molecule has 1 heterocycles. The van der Waals surface area contributed by atoms with Gasteiger partial charge in [0.1, 0.15) is 5.75 Å². The summed E-state index contributed by atoms with van der Waals surface area (Å²) in [5.41, 5.74) is 9.87. The Balaban J connectivity index is 2.50. The van der Waals surface area contributed by atoms with Gasteiger partial charge in [0.05, 0.1) is 13.3 Å². The summed E-state index contributed by atoms with van der Waals surface area (Å²) >= 11 is 0. The van der Waals surface area contributed by atoms with Crippen molar-refractivity contribution >= 4 is 0 Å². The first kappa shape index (κ1) is 12.6. The van der Waals surface area contributed by atoms with Crippen LogP contribution in [-0.2, 0) is 6.42 Å². The fraction of sp³-hybridized carbons (Fsp3) is 0.357. The second-order valence-electron chi connectivity index (χ2n) is 4.36. The van der Waals surface area contributed by atoms with Crippen LogP contribution in [-0.4, -0.2) is 18.8 Å². The monoisotopic (exact) mass is 246 g/mol. The summed E-state index contributed by atoms with van der Waals surface area (Å²) in [6, 6.07) is 4.08. The molecular formula is C14H18N2O2. The van der Waals surface area contributed by atoms with E-state index in [0.717, 1.165) is 40.2 Å². The maximum atomic E-state index is 5.59. The maximum absolute atomic E-state index is 5.59. The number of aryl methyl sites for hydroxylation is 2. The van der Waals surface area contributed by atoms with Gasteiger partial charge in [0.2, 0.25) is 0 Å². The first-order chi connectivity index (χ1) is 8.67. The molecule has 4 heteroatoms. The van der Waals surface area contributed by atoms with E-state index in [9.17, 15) is 0 Å². The van der Waals surface area contributed by atoms with Crippen molar-refractivity contribution in [3.63, 3.8) is 0 Å². The molecule has 0 unspecified atom stereocenters. The predicted molar refractivity (Wildman–Crippen MR) is 70.7 cm³/mol. The Morgan fingerprint density at radius 1 is 1.28 bits per heavy atom. The van der Waals surface area contributed by atoms with Gasteiger partial charge in [-0.3, -0.25) is 0 Å². The van der Waals surface area contributed by atoms with Crippen LogP contribution in [0.1, 0.15) is 16.7 Å². The number of hydrogen-bond donors (Lipinski definition) is 1. The number of methoxy groups -OCH3 is 1. The van der Waals surface area contributed by atoms with Crippen LogP contribution in [0.15, 0.2) is 22.9 Å². The number of nitrogens with two attached hydrogens (primary N) is 1. The second-order valence-corrected chi connectivity index (χ2v) is 4.36. The van der Waals surface area contributed by atoms with E-state index in [0.29, 0.717) is 6.54 Å². The third-order valence-electron chi connectivity index (χ3n) is 3.04. The van der Waals surface area contributed by atoms with Crippen molar-refractivity contribution < 1.29 is 9.26 Å². The molecule has 2 aromatic rings. The molecule has 2 rings (SSSR count). The molecule has 0 saturated carbocycles. The second kappa shape index (κ2) is 5.23. The van der Waals surface area contributed by atoms with Crippen LogP contribution in [0.3, 0.4) is 0 Å². The van der Waals surface area contributed by atoms with Gasteiger partial charge in [-0.15, -0.1) is 0 Å². The molecule has 2 N–H and O–H groups in total. The number of ether oxygens (including phenoxy) is 1. The Hall–Kier alpha value is -1.81. The number of hydrogen-bond acceptors (Lipinski definition) is 4. The van der Waals surface area contributed by atoms with Crippen molar-refractivity contribution in [2.75, 3.05) is 13.7 Å². The SMILES string of the molecule is COc1cc(C)c(-c2oncc2CCN)cc1C. The van der Waals surface area contributed by atoms with E-state index in [1.807, 2.05) is 19.9 Å². The fourth-order valence-electron chi connectivity index (χ4n) is 2.07. The third kappa shape index (κ3) is 2.24. The van der Waals surface area contributed by atoms with Gasteiger partial charge in [-0.25, -0.2) is 0 Å². The highest BCUT2D eigenvalue weighted by Crippen LogP contribution is 2.32. The summed E-state index contributed by atoms with van der Waals surface area (Å²) < 4.78 is 10.7. The van der Waals surface area contributed by atoms with Gasteiger partial charge in [-0.05, 0) is 50.1 Å². The molecule has 0 atom stereocenters. The molecule has 1 aromatic heterocycles. The first-order valence-electron chi connectivity index (χ1n) is 5.96. The molecular weight excluding hydrogens is 228 g/mol. The highest BCUT2D eigenvalue weighted by Gasteiger charge is 2.14.